The van der Waals surface area contributed by atoms with Crippen molar-refractivity contribution in [3.63, 3.8) is 0 Å². The number of anilines is 1. The van der Waals surface area contributed by atoms with Crippen molar-refractivity contribution in [2.45, 2.75) is 31.6 Å². The highest BCUT2D eigenvalue weighted by Gasteiger charge is 2.45. The number of hydrogen-bond donors (Lipinski definition) is 0. The number of nitrogens with zero attached hydrogens (tertiary/aromatic N) is 4. The van der Waals surface area contributed by atoms with E-state index in [-0.39, 0.29) is 11.8 Å². The van der Waals surface area contributed by atoms with Gasteiger partial charge in [-0.1, -0.05) is 35.5 Å². The van der Waals surface area contributed by atoms with Crippen LogP contribution in [0.15, 0.2) is 40.9 Å². The third-order valence-corrected chi connectivity index (χ3v) is 6.20. The molecule has 0 aliphatic carbocycles. The lowest BCUT2D eigenvalue weighted by Gasteiger charge is -2.33. The highest BCUT2D eigenvalue weighted by molar-refractivity contribution is 7.98. The van der Waals surface area contributed by atoms with Crippen LogP contribution in [0.5, 0.6) is 5.88 Å². The van der Waals surface area contributed by atoms with Crippen molar-refractivity contribution in [1.29, 1.82) is 0 Å². The Balaban J connectivity index is 2.09. The summed E-state index contributed by atoms with van der Waals surface area (Å²) < 4.78 is 1.68. The molecular formula is C19H18N4O2S2. The molecule has 0 bridgehead atoms. The van der Waals surface area contributed by atoms with E-state index >= 15 is 0 Å². The molecule has 0 N–H and O–H groups in total. The maximum Gasteiger partial charge on any atom is 0.302 e. The van der Waals surface area contributed by atoms with Gasteiger partial charge in [0, 0.05) is 11.5 Å². The number of aryl methyl sites for hydroxylation is 1. The van der Waals surface area contributed by atoms with Crippen LogP contribution in [0.4, 0.5) is 5.69 Å². The van der Waals surface area contributed by atoms with E-state index in [4.69, 9.17) is 0 Å². The Morgan fingerprint density at radius 2 is 2.15 bits per heavy atom. The molecule has 4 rings (SSSR count). The van der Waals surface area contributed by atoms with Crippen molar-refractivity contribution in [2.24, 2.45) is 0 Å². The monoisotopic (exact) mass is 398 g/mol. The van der Waals surface area contributed by atoms with E-state index in [1.54, 1.807) is 20.9 Å². The zero-order valence-corrected chi connectivity index (χ0v) is 16.8. The topological polar surface area (TPSA) is 73.0 Å². The fourth-order valence-corrected chi connectivity index (χ4v) is 4.69. The van der Waals surface area contributed by atoms with Crippen LogP contribution in [-0.4, -0.2) is 22.2 Å². The fraction of sp³-hybridized carbons (Fsp3) is 0.263. The molecule has 1 aliphatic heterocycles. The highest BCUT2D eigenvalue weighted by atomic mass is 32.2. The number of para-hydroxylation sites is 1. The second-order valence-corrected chi connectivity index (χ2v) is 7.89. The molecule has 1 aromatic carbocycles. The molecule has 6 nitrogen and oxygen atoms in total. The Morgan fingerprint density at radius 1 is 1.37 bits per heavy atom. The minimum absolute atomic E-state index is 0.0184. The molecule has 0 radical (unpaired) electrons. The first-order valence-electron chi connectivity index (χ1n) is 8.57. The molecular weight excluding hydrogens is 380 g/mol. The van der Waals surface area contributed by atoms with Gasteiger partial charge in [0.25, 0.3) is 10.9 Å². The van der Waals surface area contributed by atoms with E-state index in [0.717, 1.165) is 16.1 Å². The van der Waals surface area contributed by atoms with Crippen molar-refractivity contribution < 1.29 is 14.6 Å². The van der Waals surface area contributed by atoms with E-state index in [0.29, 0.717) is 22.8 Å². The first-order valence-corrected chi connectivity index (χ1v) is 10.7. The first kappa shape index (κ1) is 17.9. The number of benzene rings is 1. The average molecular weight is 399 g/mol. The van der Waals surface area contributed by atoms with Crippen molar-refractivity contribution in [2.75, 3.05) is 11.2 Å². The number of carbonyl (C=O) groups is 1. The molecule has 0 spiro atoms. The summed E-state index contributed by atoms with van der Waals surface area (Å²) in [5, 5.41) is 19.9. The third kappa shape index (κ3) is 2.80. The highest BCUT2D eigenvalue weighted by Crippen LogP contribution is 2.42. The summed E-state index contributed by atoms with van der Waals surface area (Å²) in [6.45, 7) is 3.85. The zero-order valence-electron chi connectivity index (χ0n) is 15.2. The van der Waals surface area contributed by atoms with Crippen LogP contribution >= 0.6 is 23.1 Å². The molecule has 2 aromatic heterocycles. The van der Waals surface area contributed by atoms with Gasteiger partial charge >= 0.3 is 6.17 Å². The molecule has 3 aromatic rings. The van der Waals surface area contributed by atoms with Crippen molar-refractivity contribution in [3.05, 3.63) is 46.2 Å². The number of thioether (sulfide) groups is 1. The van der Waals surface area contributed by atoms with Gasteiger partial charge in [0.1, 0.15) is 4.88 Å². The molecule has 27 heavy (non-hydrogen) atoms. The van der Waals surface area contributed by atoms with Gasteiger partial charge in [-0.05, 0) is 42.3 Å². The smallest absolute Gasteiger partial charge is 0.302 e. The van der Waals surface area contributed by atoms with Crippen LogP contribution in [0.25, 0.3) is 11.3 Å². The van der Waals surface area contributed by atoms with E-state index in [1.165, 1.54) is 11.8 Å². The molecule has 8 heteroatoms. The van der Waals surface area contributed by atoms with Crippen molar-refractivity contribution >= 4 is 34.7 Å². The summed E-state index contributed by atoms with van der Waals surface area (Å²) in [4.78, 5) is 19.8. The number of hydrogen-bond acceptors (Lipinski definition) is 6. The maximum atomic E-state index is 13.0. The normalized spacial score (nSPS) is 15.4. The van der Waals surface area contributed by atoms with Crippen LogP contribution in [0.3, 0.4) is 0 Å². The van der Waals surface area contributed by atoms with Gasteiger partial charge in [-0.25, -0.2) is 9.88 Å². The zero-order chi connectivity index (χ0) is 19.1. The summed E-state index contributed by atoms with van der Waals surface area (Å²) in [6, 6.07) is 9.48. The molecule has 1 unspecified atom stereocenters. The predicted octanol–water partition coefficient (Wildman–Crippen LogP) is 2.90. The van der Waals surface area contributed by atoms with E-state index in [9.17, 15) is 9.90 Å². The molecule has 138 valence electrons. The van der Waals surface area contributed by atoms with Gasteiger partial charge in [-0.15, -0.1) is 11.3 Å². The standard InChI is InChI=1S/C19H18N4O2S2/c1-4-14(24)22-13-8-6-5-7-12(13)15-17(25)20-19(26-3)21-23(15)18(22)16-11(2)9-10-27-16/h5-10,18H,4H2,1-3H3. The fourth-order valence-electron chi connectivity index (χ4n) is 3.35. The Kier molecular flexibility index (Phi) is 4.61. The van der Waals surface area contributed by atoms with Crippen LogP contribution in [0.2, 0.25) is 0 Å². The minimum Gasteiger partial charge on any atom is -0.854 e. The van der Waals surface area contributed by atoms with Crippen molar-refractivity contribution in [1.82, 2.24) is 10.1 Å². The van der Waals surface area contributed by atoms with Gasteiger partial charge in [0.15, 0.2) is 0 Å². The number of amides is 1. The van der Waals surface area contributed by atoms with Crippen molar-refractivity contribution in [3.8, 4) is 17.1 Å². The van der Waals surface area contributed by atoms with Crippen LogP contribution in [0, 0.1) is 6.92 Å². The maximum absolute atomic E-state index is 13.0. The minimum atomic E-state index is -0.496. The van der Waals surface area contributed by atoms with Gasteiger partial charge in [0.2, 0.25) is 5.91 Å². The summed E-state index contributed by atoms with van der Waals surface area (Å²) in [5.41, 5.74) is 2.89. The molecule has 0 fully saturated rings. The Labute approximate surface area is 165 Å². The van der Waals surface area contributed by atoms with E-state index in [1.807, 2.05) is 55.8 Å². The number of rotatable bonds is 3. The second kappa shape index (κ2) is 6.94. The summed E-state index contributed by atoms with van der Waals surface area (Å²) in [6.07, 6.45) is 1.69. The number of thiophene rings is 1. The third-order valence-electron chi connectivity index (χ3n) is 4.61. The van der Waals surface area contributed by atoms with E-state index < -0.39 is 6.17 Å². The van der Waals surface area contributed by atoms with Gasteiger partial charge in [0.05, 0.1) is 17.1 Å². The largest absolute Gasteiger partial charge is 0.854 e. The number of aromatic nitrogens is 3. The molecule has 0 saturated carbocycles. The quantitative estimate of drug-likeness (QED) is 0.501. The molecule has 1 atom stereocenters. The summed E-state index contributed by atoms with van der Waals surface area (Å²) >= 11 is 2.87. The van der Waals surface area contributed by atoms with Gasteiger partial charge in [-0.3, -0.25) is 4.79 Å². The second-order valence-electron chi connectivity index (χ2n) is 6.17. The van der Waals surface area contributed by atoms with Gasteiger partial charge < -0.3 is 5.11 Å². The molecule has 1 amide bonds. The average Bonchev–Trinajstić information content (AvgIpc) is 3.11. The molecule has 1 aliphatic rings. The SMILES string of the molecule is CCC(=O)N1c2ccccc2-c2c([O-])nc(SC)n[n+]2C1c1sccc1C. The Bertz CT molecular complexity index is 1030. The van der Waals surface area contributed by atoms with Crippen LogP contribution < -0.4 is 14.7 Å². The number of carbonyl (C=O) groups excluding carboxylic acids is 1. The molecule has 0 saturated heterocycles. The molecule has 3 heterocycles. The summed E-state index contributed by atoms with van der Waals surface area (Å²) in [5.74, 6) is -0.347. The predicted molar refractivity (Wildman–Crippen MR) is 104 cm³/mol. The lowest BCUT2D eigenvalue weighted by molar-refractivity contribution is -0.763. The Hall–Kier alpha value is -2.45. The van der Waals surface area contributed by atoms with E-state index in [2.05, 4.69) is 10.1 Å². The van der Waals surface area contributed by atoms with Crippen LogP contribution in [-0.2, 0) is 4.79 Å². The number of fused-ring (bicyclic) bond motifs is 3. The Morgan fingerprint density at radius 3 is 2.81 bits per heavy atom. The lowest BCUT2D eigenvalue weighted by Crippen LogP contribution is -2.59. The first-order chi connectivity index (χ1) is 13.1. The lowest BCUT2D eigenvalue weighted by atomic mass is 10.0. The van der Waals surface area contributed by atoms with Crippen LogP contribution in [0.1, 0.15) is 30.0 Å². The summed E-state index contributed by atoms with van der Waals surface area (Å²) in [7, 11) is 0. The van der Waals surface area contributed by atoms with Gasteiger partial charge in [-0.2, -0.15) is 0 Å².